The maximum Gasteiger partial charge on any atom is 0.249 e. The molecule has 5 fully saturated rings. The van der Waals surface area contributed by atoms with Crippen LogP contribution in [0.4, 0.5) is 23.1 Å². The first kappa shape index (κ1) is 36.3. The molecule has 0 radical (unpaired) electrons. The molecular weight excluding hydrogens is 705 g/mol. The van der Waals surface area contributed by atoms with Crippen LogP contribution in [-0.4, -0.2) is 99.4 Å². The Hall–Kier alpha value is -5.30. The summed E-state index contributed by atoms with van der Waals surface area (Å²) < 4.78 is 0. The van der Waals surface area contributed by atoms with Crippen LogP contribution in [0.3, 0.4) is 0 Å². The molecule has 9 rings (SSSR count). The molecule has 1 saturated carbocycles. The minimum Gasteiger partial charge on any atom is -0.507 e. The number of piperidine rings is 2. The van der Waals surface area contributed by atoms with Crippen LogP contribution in [0.15, 0.2) is 66.9 Å². The van der Waals surface area contributed by atoms with Gasteiger partial charge in [0.25, 0.3) is 0 Å². The van der Waals surface area contributed by atoms with Gasteiger partial charge in [0.05, 0.1) is 11.4 Å². The Labute approximate surface area is 328 Å². The molecule has 4 aromatic rings. The average molecular weight is 757 g/mol. The number of likely N-dealkylation sites (tertiary alicyclic amines) is 1. The van der Waals surface area contributed by atoms with Crippen molar-refractivity contribution in [3.05, 3.63) is 78.1 Å². The van der Waals surface area contributed by atoms with Gasteiger partial charge >= 0.3 is 0 Å². The molecule has 0 unspecified atom stereocenters. The average Bonchev–Trinajstić information content (AvgIpc) is 3.50. The number of anilines is 4. The summed E-state index contributed by atoms with van der Waals surface area (Å²) in [6.07, 6.45) is 12.0. The SMILES string of the molecule is CN(c1cccc([C@H]2CC[C@@H](N3CCC(c4ccnc(N5[C@@H]6CC[C@H]5CN(c5cc(-c7ccccc7O)nnc5N)C6)n4)CC3)CC2)c1)[C@H]1CCC(=O)NC1=O. The molecule has 2 amide bonds. The fraction of sp³-hybridized carbons (Fsp3) is 0.488. The molecule has 13 heteroatoms. The van der Waals surface area contributed by atoms with Crippen molar-refractivity contribution in [1.82, 2.24) is 30.4 Å². The van der Waals surface area contributed by atoms with Crippen molar-refractivity contribution in [2.45, 2.75) is 100 Å². The number of phenolic OH excluding ortho intramolecular Hbond substituents is 1. The van der Waals surface area contributed by atoms with E-state index in [2.05, 4.69) is 60.5 Å². The molecule has 2 aromatic carbocycles. The number of nitrogens with one attached hydrogen (secondary N) is 1. The standard InChI is InChI=1S/C43H52N10O3/c1-50(37-15-16-40(55)47-42(37)56)31-6-4-5-29(23-31)27-9-11-30(12-10-27)51-21-18-28(19-22-51)35-17-20-45-43(46-35)53-32-13-14-33(53)26-52(25-32)38-24-36(48-49-41(38)44)34-7-2-3-8-39(34)54/h2-8,17,20,23-24,27-28,30,32-33,37,54H,9-16,18-19,21-22,25-26H2,1H3,(H2,44,49)(H,47,55,56)/t27-,30+,32-,33+,37-/m0/s1. The molecule has 292 valence electrons. The van der Waals surface area contributed by atoms with E-state index in [1.54, 1.807) is 12.1 Å². The molecule has 4 saturated heterocycles. The quantitative estimate of drug-likeness (QED) is 0.202. The van der Waals surface area contributed by atoms with E-state index in [0.29, 0.717) is 47.8 Å². The number of nitrogen functional groups attached to an aromatic ring is 1. The Morgan fingerprint density at radius 3 is 2.32 bits per heavy atom. The number of nitrogens with two attached hydrogens (primary N) is 1. The van der Waals surface area contributed by atoms with E-state index in [1.807, 2.05) is 36.3 Å². The normalized spacial score (nSPS) is 26.0. The van der Waals surface area contributed by atoms with Crippen molar-refractivity contribution in [1.29, 1.82) is 0 Å². The second-order valence-electron chi connectivity index (χ2n) is 16.5. The monoisotopic (exact) mass is 756 g/mol. The Morgan fingerprint density at radius 1 is 0.821 bits per heavy atom. The van der Waals surface area contributed by atoms with Gasteiger partial charge in [-0.2, -0.15) is 0 Å². The minimum absolute atomic E-state index is 0.172. The van der Waals surface area contributed by atoms with Crippen molar-refractivity contribution in [2.24, 2.45) is 0 Å². The Balaban J connectivity index is 0.792. The number of piperazine rings is 1. The van der Waals surface area contributed by atoms with Crippen LogP contribution < -0.4 is 25.8 Å². The fourth-order valence-electron chi connectivity index (χ4n) is 10.2. The molecule has 4 N–H and O–H groups in total. The molecule has 6 heterocycles. The number of carbonyl (C=O) groups excluding carboxylic acids is 2. The third kappa shape index (κ3) is 7.13. The lowest BCUT2D eigenvalue weighted by Gasteiger charge is -2.42. The van der Waals surface area contributed by atoms with Crippen LogP contribution in [0.2, 0.25) is 0 Å². The summed E-state index contributed by atoms with van der Waals surface area (Å²) in [5.74, 6) is 1.99. The number of amides is 2. The maximum absolute atomic E-state index is 12.5. The van der Waals surface area contributed by atoms with Gasteiger partial charge in [0.1, 0.15) is 11.8 Å². The van der Waals surface area contributed by atoms with E-state index in [0.717, 1.165) is 74.9 Å². The lowest BCUT2D eigenvalue weighted by Crippen LogP contribution is -2.54. The van der Waals surface area contributed by atoms with Crippen molar-refractivity contribution in [3.8, 4) is 17.0 Å². The first-order valence-electron chi connectivity index (χ1n) is 20.5. The molecule has 4 aliphatic heterocycles. The molecule has 2 aromatic heterocycles. The van der Waals surface area contributed by atoms with Gasteiger partial charge in [0, 0.05) is 73.7 Å². The van der Waals surface area contributed by atoms with Crippen LogP contribution in [0, 0.1) is 0 Å². The molecular formula is C43H52N10O3. The molecule has 13 nitrogen and oxygen atoms in total. The number of nitrogens with zero attached hydrogens (tertiary/aromatic N) is 8. The van der Waals surface area contributed by atoms with Gasteiger partial charge in [0.2, 0.25) is 17.8 Å². The first-order chi connectivity index (χ1) is 27.3. The minimum atomic E-state index is -0.314. The number of likely N-dealkylation sites (N-methyl/N-ethyl adjacent to an activating group) is 1. The first-order valence-corrected chi connectivity index (χ1v) is 20.5. The smallest absolute Gasteiger partial charge is 0.249 e. The zero-order valence-corrected chi connectivity index (χ0v) is 32.1. The highest BCUT2D eigenvalue weighted by Crippen LogP contribution is 2.41. The number of rotatable bonds is 8. The van der Waals surface area contributed by atoms with Crippen LogP contribution in [0.5, 0.6) is 5.75 Å². The number of fused-ring (bicyclic) bond motifs is 2. The van der Waals surface area contributed by atoms with E-state index in [1.165, 1.54) is 31.2 Å². The van der Waals surface area contributed by atoms with Gasteiger partial charge in [-0.1, -0.05) is 24.3 Å². The maximum atomic E-state index is 12.5. The predicted molar refractivity (Wildman–Crippen MR) is 217 cm³/mol. The zero-order valence-electron chi connectivity index (χ0n) is 32.1. The zero-order chi connectivity index (χ0) is 38.3. The Bertz CT molecular complexity index is 2070. The number of imide groups is 1. The lowest BCUT2D eigenvalue weighted by atomic mass is 9.80. The summed E-state index contributed by atoms with van der Waals surface area (Å²) in [7, 11) is 1.96. The third-order valence-electron chi connectivity index (χ3n) is 13.3. The molecule has 1 aliphatic carbocycles. The number of aromatic hydroxyl groups is 1. The van der Waals surface area contributed by atoms with Crippen molar-refractivity contribution in [3.63, 3.8) is 0 Å². The number of para-hydroxylation sites is 1. The topological polar surface area (TPSA) is 157 Å². The fourth-order valence-corrected chi connectivity index (χ4v) is 10.2. The van der Waals surface area contributed by atoms with Crippen LogP contribution in [0.25, 0.3) is 11.3 Å². The second kappa shape index (κ2) is 15.3. The molecule has 56 heavy (non-hydrogen) atoms. The molecule has 0 spiro atoms. The highest BCUT2D eigenvalue weighted by Gasteiger charge is 2.42. The van der Waals surface area contributed by atoms with Gasteiger partial charge in [0.15, 0.2) is 5.82 Å². The summed E-state index contributed by atoms with van der Waals surface area (Å²) in [5, 5.41) is 21.5. The van der Waals surface area contributed by atoms with Crippen LogP contribution in [-0.2, 0) is 9.59 Å². The highest BCUT2D eigenvalue weighted by atomic mass is 16.3. The third-order valence-corrected chi connectivity index (χ3v) is 13.3. The Morgan fingerprint density at radius 2 is 1.57 bits per heavy atom. The number of aromatic nitrogens is 4. The van der Waals surface area contributed by atoms with E-state index in [4.69, 9.17) is 15.7 Å². The summed E-state index contributed by atoms with van der Waals surface area (Å²) in [6.45, 7) is 3.79. The van der Waals surface area contributed by atoms with E-state index in [9.17, 15) is 14.7 Å². The Kier molecular flexibility index (Phi) is 9.95. The van der Waals surface area contributed by atoms with Crippen molar-refractivity contribution < 1.29 is 14.7 Å². The largest absolute Gasteiger partial charge is 0.507 e. The number of hydrogen-bond donors (Lipinski definition) is 3. The number of benzene rings is 2. The summed E-state index contributed by atoms with van der Waals surface area (Å²) >= 11 is 0. The lowest BCUT2D eigenvalue weighted by molar-refractivity contribution is -0.134. The van der Waals surface area contributed by atoms with Gasteiger partial charge < -0.3 is 30.4 Å². The van der Waals surface area contributed by atoms with Crippen molar-refractivity contribution in [2.75, 3.05) is 53.7 Å². The summed E-state index contributed by atoms with van der Waals surface area (Å²) in [6, 6.07) is 20.8. The van der Waals surface area contributed by atoms with E-state index < -0.39 is 0 Å². The molecule has 2 bridgehead atoms. The van der Waals surface area contributed by atoms with Crippen LogP contribution in [0.1, 0.15) is 87.3 Å². The van der Waals surface area contributed by atoms with E-state index in [-0.39, 0.29) is 35.7 Å². The number of phenols is 1. The second-order valence-corrected chi connectivity index (χ2v) is 16.5. The van der Waals surface area contributed by atoms with Crippen molar-refractivity contribution >= 4 is 35.0 Å². The number of carbonyl (C=O) groups is 2. The van der Waals surface area contributed by atoms with Gasteiger partial charge in [-0.25, -0.2) is 9.97 Å². The highest BCUT2D eigenvalue weighted by molar-refractivity contribution is 6.01. The summed E-state index contributed by atoms with van der Waals surface area (Å²) in [4.78, 5) is 43.8. The number of hydrogen-bond acceptors (Lipinski definition) is 12. The predicted octanol–water partition coefficient (Wildman–Crippen LogP) is 5.23. The molecule has 5 aliphatic rings. The van der Waals surface area contributed by atoms with Crippen LogP contribution >= 0.6 is 0 Å². The van der Waals surface area contributed by atoms with E-state index >= 15 is 0 Å². The van der Waals surface area contributed by atoms with Gasteiger partial charge in [-0.15, -0.1) is 10.2 Å². The molecule has 3 atom stereocenters. The van der Waals surface area contributed by atoms with Gasteiger partial charge in [-0.05, 0) is 119 Å². The van der Waals surface area contributed by atoms with Gasteiger partial charge in [-0.3, -0.25) is 14.9 Å². The summed E-state index contributed by atoms with van der Waals surface area (Å²) in [5.41, 5.74) is 12.0.